The molecule has 0 aliphatic rings. The summed E-state index contributed by atoms with van der Waals surface area (Å²) in [6.07, 6.45) is 0.423. The minimum atomic E-state index is -1.03. The number of rotatable bonds is 6. The van der Waals surface area contributed by atoms with Crippen molar-refractivity contribution in [2.45, 2.75) is 25.9 Å². The molecule has 0 aromatic heterocycles. The summed E-state index contributed by atoms with van der Waals surface area (Å²) in [6, 6.07) is 4.16. The molecular formula is C14H20FNO3. The standard InChI is InChI=1S/C14H20FNO3/c1-10-8-11(4-5-12(10)15)13(17)16-9-14(2,18)6-7-19-3/h4-5,8,18H,6-7,9H2,1-3H3,(H,16,17). The first kappa shape index (κ1) is 15.6. The number of carbonyl (C=O) groups excluding carboxylic acids is 1. The van der Waals surface area contributed by atoms with E-state index < -0.39 is 5.60 Å². The molecule has 1 atom stereocenters. The second-order valence-corrected chi connectivity index (χ2v) is 4.89. The Balaban J connectivity index is 2.57. The average molecular weight is 269 g/mol. The smallest absolute Gasteiger partial charge is 0.251 e. The van der Waals surface area contributed by atoms with Gasteiger partial charge in [-0.3, -0.25) is 4.79 Å². The van der Waals surface area contributed by atoms with Gasteiger partial charge in [-0.15, -0.1) is 0 Å². The van der Waals surface area contributed by atoms with Crippen LogP contribution in [0.3, 0.4) is 0 Å². The molecule has 2 N–H and O–H groups in total. The Morgan fingerprint density at radius 1 is 1.53 bits per heavy atom. The van der Waals surface area contributed by atoms with Crippen LogP contribution in [0.15, 0.2) is 18.2 Å². The minimum absolute atomic E-state index is 0.117. The lowest BCUT2D eigenvalue weighted by molar-refractivity contribution is 0.0243. The second kappa shape index (κ2) is 6.63. The number of halogens is 1. The third kappa shape index (κ3) is 4.96. The van der Waals surface area contributed by atoms with Crippen molar-refractivity contribution < 1.29 is 19.0 Å². The number of amides is 1. The molecule has 0 fully saturated rings. The first-order chi connectivity index (χ1) is 8.85. The van der Waals surface area contributed by atoms with Gasteiger partial charge in [0.25, 0.3) is 5.91 Å². The van der Waals surface area contributed by atoms with Crippen LogP contribution in [0, 0.1) is 12.7 Å². The van der Waals surface area contributed by atoms with E-state index in [1.54, 1.807) is 21.0 Å². The van der Waals surface area contributed by atoms with Crippen molar-refractivity contribution in [3.05, 3.63) is 35.1 Å². The second-order valence-electron chi connectivity index (χ2n) is 4.89. The van der Waals surface area contributed by atoms with Crippen molar-refractivity contribution in [2.24, 2.45) is 0 Å². The summed E-state index contributed by atoms with van der Waals surface area (Å²) in [6.45, 7) is 3.76. The fourth-order valence-electron chi connectivity index (χ4n) is 1.57. The molecule has 1 aromatic carbocycles. The number of hydrogen-bond acceptors (Lipinski definition) is 3. The third-order valence-corrected chi connectivity index (χ3v) is 2.89. The third-order valence-electron chi connectivity index (χ3n) is 2.89. The molecular weight excluding hydrogens is 249 g/mol. The van der Waals surface area contributed by atoms with Crippen molar-refractivity contribution in [3.8, 4) is 0 Å². The molecule has 0 heterocycles. The Bertz CT molecular complexity index is 446. The normalized spacial score (nSPS) is 13.9. The molecule has 19 heavy (non-hydrogen) atoms. The highest BCUT2D eigenvalue weighted by Gasteiger charge is 2.21. The predicted octanol–water partition coefficient (Wildman–Crippen LogP) is 1.65. The van der Waals surface area contributed by atoms with Crippen molar-refractivity contribution in [1.82, 2.24) is 5.32 Å². The molecule has 5 heteroatoms. The van der Waals surface area contributed by atoms with E-state index in [1.807, 2.05) is 0 Å². The number of nitrogens with one attached hydrogen (secondary N) is 1. The maximum Gasteiger partial charge on any atom is 0.251 e. The molecule has 1 aromatic rings. The quantitative estimate of drug-likeness (QED) is 0.825. The molecule has 0 saturated heterocycles. The van der Waals surface area contributed by atoms with Crippen LogP contribution in [0.1, 0.15) is 29.3 Å². The zero-order valence-corrected chi connectivity index (χ0v) is 11.5. The van der Waals surface area contributed by atoms with Crippen LogP contribution in [0.5, 0.6) is 0 Å². The van der Waals surface area contributed by atoms with Crippen molar-refractivity contribution in [3.63, 3.8) is 0 Å². The van der Waals surface area contributed by atoms with Crippen LogP contribution in [0.25, 0.3) is 0 Å². The van der Waals surface area contributed by atoms with Gasteiger partial charge in [0.1, 0.15) is 5.82 Å². The van der Waals surface area contributed by atoms with Crippen LogP contribution in [0.4, 0.5) is 4.39 Å². The maximum absolute atomic E-state index is 13.1. The van der Waals surface area contributed by atoms with Crippen LogP contribution < -0.4 is 5.32 Å². The fraction of sp³-hybridized carbons (Fsp3) is 0.500. The number of hydrogen-bond donors (Lipinski definition) is 2. The van der Waals surface area contributed by atoms with Crippen LogP contribution in [0.2, 0.25) is 0 Å². The highest BCUT2D eigenvalue weighted by Crippen LogP contribution is 2.11. The van der Waals surface area contributed by atoms with Gasteiger partial charge in [-0.2, -0.15) is 0 Å². The summed E-state index contributed by atoms with van der Waals surface area (Å²) < 4.78 is 18.0. The largest absolute Gasteiger partial charge is 0.388 e. The lowest BCUT2D eigenvalue weighted by Gasteiger charge is -2.23. The van der Waals surface area contributed by atoms with Crippen LogP contribution in [-0.4, -0.2) is 36.9 Å². The topological polar surface area (TPSA) is 58.6 Å². The fourth-order valence-corrected chi connectivity index (χ4v) is 1.57. The molecule has 1 rings (SSSR count). The Labute approximate surface area is 112 Å². The van der Waals surface area contributed by atoms with Gasteiger partial charge in [0.15, 0.2) is 0 Å². The Morgan fingerprint density at radius 2 is 2.21 bits per heavy atom. The first-order valence-electron chi connectivity index (χ1n) is 6.11. The maximum atomic E-state index is 13.1. The van der Waals surface area contributed by atoms with E-state index in [9.17, 15) is 14.3 Å². The van der Waals surface area contributed by atoms with E-state index in [2.05, 4.69) is 5.32 Å². The van der Waals surface area contributed by atoms with Crippen LogP contribution in [-0.2, 0) is 4.74 Å². The van der Waals surface area contributed by atoms with Crippen molar-refractivity contribution in [2.75, 3.05) is 20.3 Å². The van der Waals surface area contributed by atoms with Gasteiger partial charge in [-0.1, -0.05) is 0 Å². The highest BCUT2D eigenvalue weighted by atomic mass is 19.1. The summed E-state index contributed by atoms with van der Waals surface area (Å²) in [4.78, 5) is 11.9. The van der Waals surface area contributed by atoms with Gasteiger partial charge in [0.05, 0.1) is 5.60 Å². The van der Waals surface area contributed by atoms with Gasteiger partial charge in [-0.25, -0.2) is 4.39 Å². The average Bonchev–Trinajstić information content (AvgIpc) is 2.37. The van der Waals surface area contributed by atoms with E-state index in [-0.39, 0.29) is 18.3 Å². The minimum Gasteiger partial charge on any atom is -0.388 e. The van der Waals surface area contributed by atoms with E-state index >= 15 is 0 Å². The van der Waals surface area contributed by atoms with Crippen LogP contribution >= 0.6 is 0 Å². The molecule has 0 spiro atoms. The Kier molecular flexibility index (Phi) is 5.44. The van der Waals surface area contributed by atoms with E-state index in [0.29, 0.717) is 24.2 Å². The molecule has 1 amide bonds. The van der Waals surface area contributed by atoms with E-state index in [4.69, 9.17) is 4.74 Å². The van der Waals surface area contributed by atoms with Crippen molar-refractivity contribution in [1.29, 1.82) is 0 Å². The lowest BCUT2D eigenvalue weighted by Crippen LogP contribution is -2.41. The number of methoxy groups -OCH3 is 1. The number of aliphatic hydroxyl groups is 1. The summed E-state index contributed by atoms with van der Waals surface area (Å²) in [5, 5.41) is 12.6. The first-order valence-corrected chi connectivity index (χ1v) is 6.11. The SMILES string of the molecule is COCCC(C)(O)CNC(=O)c1ccc(F)c(C)c1. The summed E-state index contributed by atoms with van der Waals surface area (Å²) in [5.74, 6) is -0.676. The molecule has 0 bridgehead atoms. The Hall–Kier alpha value is -1.46. The molecule has 4 nitrogen and oxygen atoms in total. The monoisotopic (exact) mass is 269 g/mol. The molecule has 1 unspecified atom stereocenters. The lowest BCUT2D eigenvalue weighted by atomic mass is 10.0. The summed E-state index contributed by atoms with van der Waals surface area (Å²) in [7, 11) is 1.55. The number of aryl methyl sites for hydroxylation is 1. The van der Waals surface area contributed by atoms with Gasteiger partial charge >= 0.3 is 0 Å². The zero-order chi connectivity index (χ0) is 14.5. The number of carbonyl (C=O) groups is 1. The van der Waals surface area contributed by atoms with E-state index in [0.717, 1.165) is 0 Å². The zero-order valence-electron chi connectivity index (χ0n) is 11.5. The molecule has 106 valence electrons. The molecule has 0 saturated carbocycles. The highest BCUT2D eigenvalue weighted by molar-refractivity contribution is 5.94. The molecule has 0 aliphatic carbocycles. The molecule has 0 aliphatic heterocycles. The number of ether oxygens (including phenoxy) is 1. The van der Waals surface area contributed by atoms with Crippen molar-refractivity contribution >= 4 is 5.91 Å². The predicted molar refractivity (Wildman–Crippen MR) is 70.6 cm³/mol. The summed E-state index contributed by atoms with van der Waals surface area (Å²) in [5.41, 5.74) is -0.235. The van der Waals surface area contributed by atoms with Gasteiger partial charge in [-0.05, 0) is 37.6 Å². The van der Waals surface area contributed by atoms with Gasteiger partial charge < -0.3 is 15.2 Å². The number of benzene rings is 1. The molecule has 0 radical (unpaired) electrons. The van der Waals surface area contributed by atoms with Gasteiger partial charge in [0.2, 0.25) is 0 Å². The summed E-state index contributed by atoms with van der Waals surface area (Å²) >= 11 is 0. The van der Waals surface area contributed by atoms with Gasteiger partial charge in [0, 0.05) is 32.2 Å². The Morgan fingerprint density at radius 3 is 2.79 bits per heavy atom. The van der Waals surface area contributed by atoms with E-state index in [1.165, 1.54) is 18.2 Å².